The zero-order chi connectivity index (χ0) is 20.4. The molecule has 2 aromatic carbocycles. The summed E-state index contributed by atoms with van der Waals surface area (Å²) in [5, 5.41) is 11.7. The molecule has 1 atom stereocenters. The predicted octanol–water partition coefficient (Wildman–Crippen LogP) is 3.22. The van der Waals surface area contributed by atoms with Crippen molar-refractivity contribution in [3.63, 3.8) is 0 Å². The van der Waals surface area contributed by atoms with Crippen LogP contribution in [0.5, 0.6) is 0 Å². The Morgan fingerprint density at radius 3 is 2.22 bits per heavy atom. The Kier molecular flexibility index (Phi) is 6.05. The molecule has 7 heteroatoms. The van der Waals surface area contributed by atoms with Gasteiger partial charge >= 0.3 is 5.97 Å². The number of aryl methyl sites for hydroxylation is 1. The molecule has 1 unspecified atom stereocenters. The van der Waals surface area contributed by atoms with Crippen molar-refractivity contribution in [1.82, 2.24) is 0 Å². The van der Waals surface area contributed by atoms with E-state index < -0.39 is 27.6 Å². The summed E-state index contributed by atoms with van der Waals surface area (Å²) in [7, 11) is -3.42. The smallest absolute Gasteiger partial charge is 0.306 e. The summed E-state index contributed by atoms with van der Waals surface area (Å²) < 4.78 is 23.7. The van der Waals surface area contributed by atoms with Crippen LogP contribution in [0.15, 0.2) is 41.3 Å². The maximum atomic E-state index is 12.6. The van der Waals surface area contributed by atoms with Crippen LogP contribution in [0.3, 0.4) is 0 Å². The predicted molar refractivity (Wildman–Crippen MR) is 104 cm³/mol. The normalized spacial score (nSPS) is 12.4. The van der Waals surface area contributed by atoms with Crippen LogP contribution in [0, 0.1) is 19.8 Å². The lowest BCUT2D eigenvalue weighted by molar-refractivity contribution is -0.141. The molecule has 27 heavy (non-hydrogen) atoms. The molecule has 0 saturated heterocycles. The summed E-state index contributed by atoms with van der Waals surface area (Å²) in [5.41, 5.74) is 3.15. The standard InChI is InChI=1S/C20H23NO5S/c1-12-10-17(27(4,25)26)11-18(14(12)3)19(22)21-16-7-5-15(6-8-16)9-13(2)20(23)24/h5-8,10-11,13H,9H2,1-4H3,(H,21,22)(H,23,24). The highest BCUT2D eigenvalue weighted by Gasteiger charge is 2.17. The van der Waals surface area contributed by atoms with Crippen molar-refractivity contribution in [1.29, 1.82) is 0 Å². The molecule has 0 radical (unpaired) electrons. The number of rotatable bonds is 6. The topological polar surface area (TPSA) is 101 Å². The van der Waals surface area contributed by atoms with Gasteiger partial charge in [0.25, 0.3) is 5.91 Å². The average molecular weight is 389 g/mol. The highest BCUT2D eigenvalue weighted by atomic mass is 32.2. The van der Waals surface area contributed by atoms with Crippen molar-refractivity contribution in [3.05, 3.63) is 58.7 Å². The lowest BCUT2D eigenvalue weighted by Gasteiger charge is -2.12. The van der Waals surface area contributed by atoms with Crippen LogP contribution in [0.4, 0.5) is 5.69 Å². The van der Waals surface area contributed by atoms with Crippen LogP contribution >= 0.6 is 0 Å². The molecule has 0 bridgehead atoms. The molecule has 6 nitrogen and oxygen atoms in total. The van der Waals surface area contributed by atoms with Gasteiger partial charge in [0.1, 0.15) is 0 Å². The van der Waals surface area contributed by atoms with Crippen LogP contribution in [0.1, 0.15) is 34.0 Å². The van der Waals surface area contributed by atoms with Gasteiger partial charge in [0.2, 0.25) is 0 Å². The van der Waals surface area contributed by atoms with E-state index in [9.17, 15) is 18.0 Å². The quantitative estimate of drug-likeness (QED) is 0.790. The van der Waals surface area contributed by atoms with Crippen molar-refractivity contribution in [2.45, 2.75) is 32.1 Å². The maximum absolute atomic E-state index is 12.6. The summed E-state index contributed by atoms with van der Waals surface area (Å²) in [6, 6.07) is 9.87. The van der Waals surface area contributed by atoms with Crippen LogP contribution in [-0.2, 0) is 21.1 Å². The van der Waals surface area contributed by atoms with Crippen LogP contribution in [0.25, 0.3) is 0 Å². The average Bonchev–Trinajstić information content (AvgIpc) is 2.57. The molecular weight excluding hydrogens is 366 g/mol. The molecule has 2 aromatic rings. The zero-order valence-corrected chi connectivity index (χ0v) is 16.6. The maximum Gasteiger partial charge on any atom is 0.306 e. The van der Waals surface area contributed by atoms with E-state index in [4.69, 9.17) is 5.11 Å². The Bertz CT molecular complexity index is 978. The van der Waals surface area contributed by atoms with E-state index in [2.05, 4.69) is 5.32 Å². The minimum Gasteiger partial charge on any atom is -0.481 e. The monoisotopic (exact) mass is 389 g/mol. The van der Waals surface area contributed by atoms with Gasteiger partial charge in [-0.3, -0.25) is 9.59 Å². The summed E-state index contributed by atoms with van der Waals surface area (Å²) >= 11 is 0. The summed E-state index contributed by atoms with van der Waals surface area (Å²) in [6.45, 7) is 5.17. The van der Waals surface area contributed by atoms with Gasteiger partial charge in [-0.25, -0.2) is 8.42 Å². The first-order chi connectivity index (χ1) is 12.5. The number of sulfone groups is 1. The Labute approximate surface area is 159 Å². The Morgan fingerprint density at radius 2 is 1.70 bits per heavy atom. The van der Waals surface area contributed by atoms with E-state index in [0.717, 1.165) is 17.4 Å². The number of carbonyl (C=O) groups excluding carboxylic acids is 1. The van der Waals surface area contributed by atoms with Crippen molar-refractivity contribution in [2.24, 2.45) is 5.92 Å². The van der Waals surface area contributed by atoms with Gasteiger partial charge in [-0.2, -0.15) is 0 Å². The number of aliphatic carboxylic acids is 1. The van der Waals surface area contributed by atoms with Crippen molar-refractivity contribution >= 4 is 27.4 Å². The van der Waals surface area contributed by atoms with Gasteiger partial charge in [-0.1, -0.05) is 19.1 Å². The molecule has 1 amide bonds. The fourth-order valence-electron chi connectivity index (χ4n) is 2.64. The molecule has 2 rings (SSSR count). The molecule has 0 fully saturated rings. The summed E-state index contributed by atoms with van der Waals surface area (Å²) in [6.07, 6.45) is 1.51. The SMILES string of the molecule is Cc1cc(S(C)(=O)=O)cc(C(=O)Nc2ccc(CC(C)C(=O)O)cc2)c1C. The second kappa shape index (κ2) is 7.92. The van der Waals surface area contributed by atoms with E-state index in [1.807, 2.05) is 0 Å². The number of hydrogen-bond donors (Lipinski definition) is 2. The third kappa shape index (κ3) is 5.17. The second-order valence-electron chi connectivity index (χ2n) is 6.78. The minimum absolute atomic E-state index is 0.105. The lowest BCUT2D eigenvalue weighted by atomic mass is 10.0. The van der Waals surface area contributed by atoms with E-state index in [-0.39, 0.29) is 4.90 Å². The highest BCUT2D eigenvalue weighted by molar-refractivity contribution is 7.90. The van der Waals surface area contributed by atoms with E-state index in [1.54, 1.807) is 51.1 Å². The first-order valence-electron chi connectivity index (χ1n) is 8.43. The highest BCUT2D eigenvalue weighted by Crippen LogP contribution is 2.22. The summed E-state index contributed by atoms with van der Waals surface area (Å²) in [5.74, 6) is -1.74. The van der Waals surface area contributed by atoms with Crippen molar-refractivity contribution in [3.8, 4) is 0 Å². The molecule has 0 aromatic heterocycles. The molecule has 0 saturated carbocycles. The molecular formula is C20H23NO5S. The lowest BCUT2D eigenvalue weighted by Crippen LogP contribution is -2.15. The number of amides is 1. The third-order valence-corrected chi connectivity index (χ3v) is 5.58. The molecule has 0 spiro atoms. The number of hydrogen-bond acceptors (Lipinski definition) is 4. The number of carbonyl (C=O) groups is 2. The minimum atomic E-state index is -3.42. The first-order valence-corrected chi connectivity index (χ1v) is 10.3. The van der Waals surface area contributed by atoms with Gasteiger partial charge in [0, 0.05) is 17.5 Å². The van der Waals surface area contributed by atoms with Crippen LogP contribution in [0.2, 0.25) is 0 Å². The largest absolute Gasteiger partial charge is 0.481 e. The Balaban J connectivity index is 2.22. The molecule has 0 aliphatic heterocycles. The number of benzene rings is 2. The van der Waals surface area contributed by atoms with Crippen molar-refractivity contribution < 1.29 is 23.1 Å². The van der Waals surface area contributed by atoms with Gasteiger partial charge in [-0.15, -0.1) is 0 Å². The fourth-order valence-corrected chi connectivity index (χ4v) is 3.36. The Morgan fingerprint density at radius 1 is 1.11 bits per heavy atom. The number of carboxylic acid groups (broad SMARTS) is 1. The van der Waals surface area contributed by atoms with Crippen LogP contribution in [-0.4, -0.2) is 31.7 Å². The Hall–Kier alpha value is -2.67. The van der Waals surface area contributed by atoms with Gasteiger partial charge in [0.05, 0.1) is 10.8 Å². The van der Waals surface area contributed by atoms with Gasteiger partial charge < -0.3 is 10.4 Å². The molecule has 0 aliphatic carbocycles. The van der Waals surface area contributed by atoms with Crippen LogP contribution < -0.4 is 5.32 Å². The fraction of sp³-hybridized carbons (Fsp3) is 0.300. The van der Waals surface area contributed by atoms with E-state index >= 15 is 0 Å². The molecule has 0 heterocycles. The van der Waals surface area contributed by atoms with Gasteiger partial charge in [0.15, 0.2) is 9.84 Å². The zero-order valence-electron chi connectivity index (χ0n) is 15.7. The van der Waals surface area contributed by atoms with Gasteiger partial charge in [-0.05, 0) is 61.2 Å². The van der Waals surface area contributed by atoms with Crippen molar-refractivity contribution in [2.75, 3.05) is 11.6 Å². The second-order valence-corrected chi connectivity index (χ2v) is 8.80. The number of anilines is 1. The molecule has 144 valence electrons. The van der Waals surface area contributed by atoms with E-state index in [1.165, 1.54) is 6.07 Å². The summed E-state index contributed by atoms with van der Waals surface area (Å²) in [4.78, 5) is 23.7. The number of nitrogens with one attached hydrogen (secondary N) is 1. The molecule has 2 N–H and O–H groups in total. The first kappa shape index (κ1) is 20.6. The molecule has 0 aliphatic rings. The number of carboxylic acids is 1. The third-order valence-electron chi connectivity index (χ3n) is 4.49. The van der Waals surface area contributed by atoms with E-state index in [0.29, 0.717) is 23.2 Å².